The summed E-state index contributed by atoms with van der Waals surface area (Å²) in [5.41, 5.74) is 1.01. The fraction of sp³-hybridized carbons (Fsp3) is 0.533. The van der Waals surface area contributed by atoms with Gasteiger partial charge in [0.1, 0.15) is 5.82 Å². The van der Waals surface area contributed by atoms with E-state index in [2.05, 4.69) is 11.4 Å². The number of hydrogen-bond donors (Lipinski definition) is 1. The van der Waals surface area contributed by atoms with Crippen LogP contribution >= 0.6 is 0 Å². The summed E-state index contributed by atoms with van der Waals surface area (Å²) in [6, 6.07) is 9.42. The first-order valence-corrected chi connectivity index (χ1v) is 6.67. The third kappa shape index (κ3) is 3.54. The van der Waals surface area contributed by atoms with Crippen molar-refractivity contribution in [1.29, 1.82) is 5.26 Å². The minimum Gasteiger partial charge on any atom is -0.312 e. The minimum atomic E-state index is -0.180. The van der Waals surface area contributed by atoms with Crippen molar-refractivity contribution in [2.24, 2.45) is 5.92 Å². The molecule has 3 heteroatoms. The SMILES string of the molecule is N#CC1CCCCC1NCCc1cccc(F)c1. The molecule has 1 N–H and O–H groups in total. The van der Waals surface area contributed by atoms with Gasteiger partial charge < -0.3 is 5.32 Å². The zero-order valence-corrected chi connectivity index (χ0v) is 10.5. The van der Waals surface area contributed by atoms with Gasteiger partial charge in [-0.15, -0.1) is 0 Å². The lowest BCUT2D eigenvalue weighted by Gasteiger charge is -2.27. The van der Waals surface area contributed by atoms with Crippen molar-refractivity contribution in [2.45, 2.75) is 38.1 Å². The largest absolute Gasteiger partial charge is 0.312 e. The Labute approximate surface area is 108 Å². The monoisotopic (exact) mass is 246 g/mol. The second-order valence-corrected chi connectivity index (χ2v) is 4.96. The van der Waals surface area contributed by atoms with Crippen LogP contribution in [-0.4, -0.2) is 12.6 Å². The molecule has 0 radical (unpaired) electrons. The summed E-state index contributed by atoms with van der Waals surface area (Å²) in [5.74, 6) is -0.0358. The predicted molar refractivity (Wildman–Crippen MR) is 69.5 cm³/mol. The van der Waals surface area contributed by atoms with Crippen LogP contribution in [0.5, 0.6) is 0 Å². The van der Waals surface area contributed by atoms with Crippen molar-refractivity contribution in [3.8, 4) is 6.07 Å². The van der Waals surface area contributed by atoms with Gasteiger partial charge in [0.15, 0.2) is 0 Å². The van der Waals surface area contributed by atoms with Crippen LogP contribution in [0.3, 0.4) is 0 Å². The summed E-state index contributed by atoms with van der Waals surface area (Å²) < 4.78 is 13.0. The van der Waals surface area contributed by atoms with E-state index in [-0.39, 0.29) is 11.7 Å². The van der Waals surface area contributed by atoms with Gasteiger partial charge in [0.2, 0.25) is 0 Å². The molecule has 18 heavy (non-hydrogen) atoms. The van der Waals surface area contributed by atoms with Crippen LogP contribution in [0, 0.1) is 23.1 Å². The molecule has 0 amide bonds. The molecule has 1 fully saturated rings. The number of nitrogens with one attached hydrogen (secondary N) is 1. The molecule has 1 aliphatic rings. The van der Waals surface area contributed by atoms with E-state index < -0.39 is 0 Å². The van der Waals surface area contributed by atoms with Crippen molar-refractivity contribution < 1.29 is 4.39 Å². The fourth-order valence-electron chi connectivity index (χ4n) is 2.62. The number of hydrogen-bond acceptors (Lipinski definition) is 2. The van der Waals surface area contributed by atoms with Gasteiger partial charge in [-0.2, -0.15) is 5.26 Å². The molecule has 1 saturated carbocycles. The van der Waals surface area contributed by atoms with Crippen LogP contribution in [0.15, 0.2) is 24.3 Å². The molecule has 0 heterocycles. The van der Waals surface area contributed by atoms with E-state index in [0.29, 0.717) is 6.04 Å². The van der Waals surface area contributed by atoms with Crippen molar-refractivity contribution in [1.82, 2.24) is 5.32 Å². The van der Waals surface area contributed by atoms with E-state index in [1.54, 1.807) is 12.1 Å². The molecule has 1 aromatic carbocycles. The molecule has 1 aromatic rings. The highest BCUT2D eigenvalue weighted by Crippen LogP contribution is 2.23. The second kappa shape index (κ2) is 6.51. The van der Waals surface area contributed by atoms with Crippen LogP contribution < -0.4 is 5.32 Å². The Morgan fingerprint density at radius 3 is 2.94 bits per heavy atom. The van der Waals surface area contributed by atoms with E-state index >= 15 is 0 Å². The highest BCUT2D eigenvalue weighted by Gasteiger charge is 2.23. The van der Waals surface area contributed by atoms with E-state index in [9.17, 15) is 4.39 Å². The molecule has 0 aliphatic heterocycles. The van der Waals surface area contributed by atoms with Crippen LogP contribution in [0.2, 0.25) is 0 Å². The Kier molecular flexibility index (Phi) is 4.72. The van der Waals surface area contributed by atoms with Gasteiger partial charge in [-0.25, -0.2) is 4.39 Å². The molecular formula is C15H19FN2. The molecule has 0 saturated heterocycles. The average Bonchev–Trinajstić information content (AvgIpc) is 2.39. The average molecular weight is 246 g/mol. The van der Waals surface area contributed by atoms with Gasteiger partial charge in [0, 0.05) is 6.04 Å². The van der Waals surface area contributed by atoms with E-state index in [1.165, 1.54) is 18.9 Å². The first-order valence-electron chi connectivity index (χ1n) is 6.67. The van der Waals surface area contributed by atoms with Crippen LogP contribution in [0.1, 0.15) is 31.2 Å². The van der Waals surface area contributed by atoms with E-state index in [4.69, 9.17) is 5.26 Å². The van der Waals surface area contributed by atoms with Gasteiger partial charge in [-0.05, 0) is 43.5 Å². The molecule has 2 unspecified atom stereocenters. The first kappa shape index (κ1) is 13.0. The zero-order chi connectivity index (χ0) is 12.8. The summed E-state index contributed by atoms with van der Waals surface area (Å²) in [4.78, 5) is 0. The Bertz CT molecular complexity index is 425. The summed E-state index contributed by atoms with van der Waals surface area (Å²) in [7, 11) is 0. The smallest absolute Gasteiger partial charge is 0.123 e. The summed E-state index contributed by atoms with van der Waals surface area (Å²) in [6.07, 6.45) is 5.28. The van der Waals surface area contributed by atoms with Crippen molar-refractivity contribution >= 4 is 0 Å². The molecule has 96 valence electrons. The first-order chi connectivity index (χ1) is 8.79. The van der Waals surface area contributed by atoms with E-state index in [0.717, 1.165) is 31.4 Å². The van der Waals surface area contributed by atoms with Gasteiger partial charge in [0.25, 0.3) is 0 Å². The van der Waals surface area contributed by atoms with Crippen LogP contribution in [0.4, 0.5) is 4.39 Å². The Morgan fingerprint density at radius 2 is 2.17 bits per heavy atom. The predicted octanol–water partition coefficient (Wildman–Crippen LogP) is 3.04. The van der Waals surface area contributed by atoms with Gasteiger partial charge >= 0.3 is 0 Å². The minimum absolute atomic E-state index is 0.145. The lowest BCUT2D eigenvalue weighted by atomic mass is 9.85. The van der Waals surface area contributed by atoms with E-state index in [1.807, 2.05) is 6.07 Å². The molecule has 0 bridgehead atoms. The fourth-order valence-corrected chi connectivity index (χ4v) is 2.62. The maximum absolute atomic E-state index is 13.0. The maximum atomic E-state index is 13.0. The van der Waals surface area contributed by atoms with Crippen LogP contribution in [0.25, 0.3) is 0 Å². The molecule has 2 nitrogen and oxygen atoms in total. The molecule has 2 atom stereocenters. The highest BCUT2D eigenvalue weighted by molar-refractivity contribution is 5.16. The van der Waals surface area contributed by atoms with Crippen molar-refractivity contribution in [3.63, 3.8) is 0 Å². The summed E-state index contributed by atoms with van der Waals surface area (Å²) in [5, 5.41) is 12.5. The quantitative estimate of drug-likeness (QED) is 0.886. The zero-order valence-electron chi connectivity index (χ0n) is 10.5. The highest BCUT2D eigenvalue weighted by atomic mass is 19.1. The normalized spacial score (nSPS) is 23.6. The third-order valence-corrected chi connectivity index (χ3v) is 3.64. The second-order valence-electron chi connectivity index (χ2n) is 4.96. The summed E-state index contributed by atoms with van der Waals surface area (Å²) >= 11 is 0. The molecule has 1 aliphatic carbocycles. The number of halogens is 1. The molecule has 2 rings (SSSR count). The molecule has 0 spiro atoms. The van der Waals surface area contributed by atoms with Gasteiger partial charge in [-0.1, -0.05) is 25.0 Å². The van der Waals surface area contributed by atoms with Crippen LogP contribution in [-0.2, 0) is 6.42 Å². The molecular weight excluding hydrogens is 227 g/mol. The standard InChI is InChI=1S/C15H19FN2/c16-14-6-3-4-12(10-14)8-9-18-15-7-2-1-5-13(15)11-17/h3-4,6,10,13,15,18H,1-2,5,7-9H2. The number of rotatable bonds is 4. The Hall–Kier alpha value is -1.40. The Morgan fingerprint density at radius 1 is 1.33 bits per heavy atom. The third-order valence-electron chi connectivity index (χ3n) is 3.64. The summed E-state index contributed by atoms with van der Waals surface area (Å²) in [6.45, 7) is 0.812. The lowest BCUT2D eigenvalue weighted by molar-refractivity contribution is 0.314. The number of nitriles is 1. The number of nitrogens with zero attached hydrogens (tertiary/aromatic N) is 1. The van der Waals surface area contributed by atoms with Gasteiger partial charge in [0.05, 0.1) is 12.0 Å². The Balaban J connectivity index is 1.79. The van der Waals surface area contributed by atoms with Gasteiger partial charge in [-0.3, -0.25) is 0 Å². The van der Waals surface area contributed by atoms with Crippen molar-refractivity contribution in [2.75, 3.05) is 6.54 Å². The number of benzene rings is 1. The maximum Gasteiger partial charge on any atom is 0.123 e. The lowest BCUT2D eigenvalue weighted by Crippen LogP contribution is -2.38. The molecule has 0 aromatic heterocycles. The van der Waals surface area contributed by atoms with Crippen molar-refractivity contribution in [3.05, 3.63) is 35.6 Å². The topological polar surface area (TPSA) is 35.8 Å².